The van der Waals surface area contributed by atoms with Crippen LogP contribution in [-0.4, -0.2) is 20.4 Å². The van der Waals surface area contributed by atoms with Gasteiger partial charge >= 0.3 is 0 Å². The third kappa shape index (κ3) is 3.21. The zero-order valence-corrected chi connectivity index (χ0v) is 18.3. The van der Waals surface area contributed by atoms with Gasteiger partial charge in [-0.15, -0.1) is 11.3 Å². The number of nitrogens with one attached hydrogen (secondary N) is 1. The molecule has 7 rings (SSSR count). The van der Waals surface area contributed by atoms with Crippen molar-refractivity contribution in [3.05, 3.63) is 47.5 Å². The number of rotatable bonds is 4. The Morgan fingerprint density at radius 2 is 1.77 bits per heavy atom. The number of aromatic nitrogens is 3. The molecule has 4 bridgehead atoms. The summed E-state index contributed by atoms with van der Waals surface area (Å²) in [5.41, 5.74) is 1.44. The van der Waals surface area contributed by atoms with E-state index in [0.29, 0.717) is 5.82 Å². The molecule has 2 aromatic heterocycles. The van der Waals surface area contributed by atoms with Crippen LogP contribution in [0.3, 0.4) is 0 Å². The van der Waals surface area contributed by atoms with Crippen molar-refractivity contribution in [1.29, 1.82) is 0 Å². The SMILES string of the molecule is Cc1ncc(NC(=O)C23CC4CC(CC(C4)C2)C3)n1-c1nc(-c2ccc(F)cc2)cs1. The van der Waals surface area contributed by atoms with Gasteiger partial charge in [0, 0.05) is 10.9 Å². The Kier molecular flexibility index (Phi) is 4.32. The zero-order chi connectivity index (χ0) is 21.2. The van der Waals surface area contributed by atoms with Gasteiger partial charge in [-0.1, -0.05) is 0 Å². The molecule has 1 aromatic carbocycles. The van der Waals surface area contributed by atoms with Crippen LogP contribution >= 0.6 is 11.3 Å². The lowest BCUT2D eigenvalue weighted by molar-refractivity contribution is -0.140. The van der Waals surface area contributed by atoms with E-state index in [1.54, 1.807) is 18.3 Å². The van der Waals surface area contributed by atoms with Crippen molar-refractivity contribution in [3.63, 3.8) is 0 Å². The summed E-state index contributed by atoms with van der Waals surface area (Å²) < 4.78 is 15.2. The Balaban J connectivity index is 1.28. The van der Waals surface area contributed by atoms with Gasteiger partial charge in [0.15, 0.2) is 5.13 Å². The van der Waals surface area contributed by atoms with Gasteiger partial charge in [0.05, 0.1) is 17.3 Å². The molecule has 1 N–H and O–H groups in total. The summed E-state index contributed by atoms with van der Waals surface area (Å²) in [5, 5.41) is 5.92. The average molecular weight is 437 g/mol. The van der Waals surface area contributed by atoms with Crippen LogP contribution in [0.5, 0.6) is 0 Å². The van der Waals surface area contributed by atoms with E-state index < -0.39 is 0 Å². The lowest BCUT2D eigenvalue weighted by Crippen LogP contribution is -2.51. The van der Waals surface area contributed by atoms with E-state index in [1.165, 1.54) is 42.7 Å². The number of amides is 1. The van der Waals surface area contributed by atoms with Crippen molar-refractivity contribution in [3.8, 4) is 16.4 Å². The minimum Gasteiger partial charge on any atom is -0.310 e. The largest absolute Gasteiger partial charge is 0.310 e. The minimum absolute atomic E-state index is 0.156. The van der Waals surface area contributed by atoms with E-state index in [2.05, 4.69) is 10.3 Å². The van der Waals surface area contributed by atoms with Crippen LogP contribution in [0.25, 0.3) is 16.4 Å². The van der Waals surface area contributed by atoms with E-state index in [-0.39, 0.29) is 17.1 Å². The van der Waals surface area contributed by atoms with Gasteiger partial charge in [0.25, 0.3) is 0 Å². The minimum atomic E-state index is -0.265. The van der Waals surface area contributed by atoms with Crippen molar-refractivity contribution in [2.75, 3.05) is 5.32 Å². The molecule has 0 atom stereocenters. The predicted molar refractivity (Wildman–Crippen MR) is 119 cm³/mol. The van der Waals surface area contributed by atoms with E-state index in [0.717, 1.165) is 59.2 Å². The number of halogens is 1. The monoisotopic (exact) mass is 436 g/mol. The third-order valence-corrected chi connectivity index (χ3v) is 8.35. The molecule has 0 spiro atoms. The first-order valence-electron chi connectivity index (χ1n) is 11.1. The van der Waals surface area contributed by atoms with Gasteiger partial charge in [-0.3, -0.25) is 9.36 Å². The maximum absolute atomic E-state index is 13.5. The summed E-state index contributed by atoms with van der Waals surface area (Å²) in [6, 6.07) is 6.33. The lowest BCUT2D eigenvalue weighted by atomic mass is 9.49. The van der Waals surface area contributed by atoms with Crippen LogP contribution in [0.4, 0.5) is 10.2 Å². The second-order valence-corrected chi connectivity index (χ2v) is 10.5. The summed E-state index contributed by atoms with van der Waals surface area (Å²) in [6.45, 7) is 1.92. The number of imidazole rings is 1. The van der Waals surface area contributed by atoms with Crippen molar-refractivity contribution in [1.82, 2.24) is 14.5 Å². The summed E-state index contributed by atoms with van der Waals surface area (Å²) in [7, 11) is 0. The highest BCUT2D eigenvalue weighted by molar-refractivity contribution is 7.12. The molecule has 31 heavy (non-hydrogen) atoms. The summed E-state index contributed by atoms with van der Waals surface area (Å²) in [4.78, 5) is 22.7. The van der Waals surface area contributed by atoms with Crippen molar-refractivity contribution >= 4 is 23.1 Å². The summed E-state index contributed by atoms with van der Waals surface area (Å²) in [6.07, 6.45) is 8.77. The van der Waals surface area contributed by atoms with Gasteiger partial charge < -0.3 is 5.32 Å². The molecule has 0 saturated heterocycles. The van der Waals surface area contributed by atoms with Crippen LogP contribution in [0.1, 0.15) is 44.3 Å². The Morgan fingerprint density at radius 3 is 2.42 bits per heavy atom. The number of aryl methyl sites for hydroxylation is 1. The first kappa shape index (κ1) is 19.2. The van der Waals surface area contributed by atoms with Gasteiger partial charge in [-0.05, 0) is 87.5 Å². The normalized spacial score (nSPS) is 28.8. The van der Waals surface area contributed by atoms with Gasteiger partial charge in [-0.25, -0.2) is 14.4 Å². The summed E-state index contributed by atoms with van der Waals surface area (Å²) in [5.74, 6) is 3.52. The molecule has 2 heterocycles. The Hall–Kier alpha value is -2.54. The molecule has 0 aliphatic heterocycles. The topological polar surface area (TPSA) is 59.8 Å². The third-order valence-electron chi connectivity index (χ3n) is 7.52. The highest BCUT2D eigenvalue weighted by atomic mass is 32.1. The highest BCUT2D eigenvalue weighted by Gasteiger charge is 2.54. The number of carbonyl (C=O) groups excluding carboxylic acids is 1. The quantitative estimate of drug-likeness (QED) is 0.579. The molecule has 0 unspecified atom stereocenters. The van der Waals surface area contributed by atoms with E-state index in [1.807, 2.05) is 16.9 Å². The van der Waals surface area contributed by atoms with Crippen molar-refractivity contribution in [2.45, 2.75) is 45.4 Å². The maximum atomic E-state index is 13.5. The fourth-order valence-corrected chi connectivity index (χ4v) is 7.42. The van der Waals surface area contributed by atoms with Gasteiger partial charge in [0.1, 0.15) is 17.5 Å². The number of anilines is 1. The molecule has 4 fully saturated rings. The molecule has 4 aliphatic rings. The summed E-state index contributed by atoms with van der Waals surface area (Å²) >= 11 is 1.49. The fraction of sp³-hybridized carbons (Fsp3) is 0.458. The van der Waals surface area contributed by atoms with E-state index in [9.17, 15) is 9.18 Å². The molecular formula is C24H25FN4OS. The number of nitrogens with zero attached hydrogens (tertiary/aromatic N) is 3. The molecule has 5 nitrogen and oxygen atoms in total. The molecule has 4 aliphatic carbocycles. The maximum Gasteiger partial charge on any atom is 0.231 e. The second kappa shape index (κ2) is 6.99. The average Bonchev–Trinajstić information content (AvgIpc) is 3.34. The zero-order valence-electron chi connectivity index (χ0n) is 17.5. The number of hydrogen-bond acceptors (Lipinski definition) is 4. The fourth-order valence-electron chi connectivity index (χ4n) is 6.53. The van der Waals surface area contributed by atoms with Crippen LogP contribution in [0.2, 0.25) is 0 Å². The number of thiazole rings is 1. The molecule has 160 valence electrons. The Labute approximate surface area is 184 Å². The smallest absolute Gasteiger partial charge is 0.231 e. The number of hydrogen-bond donors (Lipinski definition) is 1. The van der Waals surface area contributed by atoms with Crippen LogP contribution in [0.15, 0.2) is 35.8 Å². The lowest BCUT2D eigenvalue weighted by Gasteiger charge is -2.55. The van der Waals surface area contributed by atoms with Gasteiger partial charge in [-0.2, -0.15) is 0 Å². The van der Waals surface area contributed by atoms with Gasteiger partial charge in [0.2, 0.25) is 5.91 Å². The molecule has 0 radical (unpaired) electrons. The first-order valence-corrected chi connectivity index (χ1v) is 11.9. The number of benzene rings is 1. The predicted octanol–water partition coefficient (Wildman–Crippen LogP) is 5.60. The molecular weight excluding hydrogens is 411 g/mol. The van der Waals surface area contributed by atoms with Crippen LogP contribution in [-0.2, 0) is 4.79 Å². The Bertz CT molecular complexity index is 1110. The van der Waals surface area contributed by atoms with E-state index >= 15 is 0 Å². The first-order chi connectivity index (χ1) is 15.0. The molecule has 3 aromatic rings. The molecule has 4 saturated carbocycles. The number of carbonyl (C=O) groups is 1. The van der Waals surface area contributed by atoms with Crippen LogP contribution < -0.4 is 5.32 Å². The highest BCUT2D eigenvalue weighted by Crippen LogP contribution is 2.60. The van der Waals surface area contributed by atoms with Crippen molar-refractivity contribution in [2.24, 2.45) is 23.2 Å². The molecule has 7 heteroatoms. The second-order valence-electron chi connectivity index (χ2n) is 9.70. The Morgan fingerprint density at radius 1 is 1.13 bits per heavy atom. The molecule has 1 amide bonds. The van der Waals surface area contributed by atoms with E-state index in [4.69, 9.17) is 4.98 Å². The van der Waals surface area contributed by atoms with Crippen molar-refractivity contribution < 1.29 is 9.18 Å². The standard InChI is InChI=1S/C24H25FN4OS/c1-14-26-12-21(28-22(30)24-9-15-6-16(10-24)8-17(7-15)11-24)29(14)23-27-20(13-31-23)18-2-4-19(25)5-3-18/h2-5,12-13,15-17H,6-11H2,1H3,(H,28,30). The van der Waals surface area contributed by atoms with Crippen LogP contribution in [0, 0.1) is 35.9 Å².